The number of aliphatic hydroxyl groups excluding tert-OH is 1. The van der Waals surface area contributed by atoms with Gasteiger partial charge in [0.2, 0.25) is 0 Å². The van der Waals surface area contributed by atoms with Crippen LogP contribution in [0.3, 0.4) is 0 Å². The maximum Gasteiger partial charge on any atom is 0.0861 e. The molecule has 1 aliphatic rings. The first-order valence-corrected chi connectivity index (χ1v) is 8.26. The summed E-state index contributed by atoms with van der Waals surface area (Å²) in [5.74, 6) is 0.530. The lowest BCUT2D eigenvalue weighted by Gasteiger charge is -2.32. The Labute approximate surface area is 121 Å². The highest BCUT2D eigenvalue weighted by molar-refractivity contribution is 9.11. The third-order valence-electron chi connectivity index (χ3n) is 3.81. The van der Waals surface area contributed by atoms with E-state index in [0.29, 0.717) is 12.3 Å². The largest absolute Gasteiger partial charge is 0.390 e. The topological polar surface area (TPSA) is 29.5 Å². The number of hydrogen-bond donors (Lipinski definition) is 1. The van der Waals surface area contributed by atoms with E-state index in [2.05, 4.69) is 22.0 Å². The average Bonchev–Trinajstić information content (AvgIpc) is 2.77. The van der Waals surface area contributed by atoms with Crippen molar-refractivity contribution in [3.05, 3.63) is 20.8 Å². The Bertz CT molecular complexity index is 360. The van der Waals surface area contributed by atoms with Gasteiger partial charge in [-0.1, -0.05) is 19.3 Å². The van der Waals surface area contributed by atoms with Gasteiger partial charge in [-0.3, -0.25) is 0 Å². The standard InChI is InChI=1S/C14H21BrO2S/c1-17-14(10-5-3-2-4-6-10)12(16)9-11-7-8-13(15)18-11/h7-8,10,12,14,16H,2-6,9H2,1H3. The quantitative estimate of drug-likeness (QED) is 0.882. The second-order valence-corrected chi connectivity index (χ2v) is 7.62. The van der Waals surface area contributed by atoms with Crippen molar-refractivity contribution in [2.75, 3.05) is 7.11 Å². The van der Waals surface area contributed by atoms with Crippen molar-refractivity contribution in [2.24, 2.45) is 5.92 Å². The highest BCUT2D eigenvalue weighted by atomic mass is 79.9. The Balaban J connectivity index is 1.93. The van der Waals surface area contributed by atoms with Gasteiger partial charge in [0.1, 0.15) is 0 Å². The molecule has 4 heteroatoms. The Morgan fingerprint density at radius 3 is 2.67 bits per heavy atom. The summed E-state index contributed by atoms with van der Waals surface area (Å²) in [6.45, 7) is 0. The van der Waals surface area contributed by atoms with Crippen molar-refractivity contribution in [2.45, 2.75) is 50.7 Å². The maximum absolute atomic E-state index is 10.4. The summed E-state index contributed by atoms with van der Waals surface area (Å²) in [6.07, 6.45) is 6.60. The zero-order chi connectivity index (χ0) is 13.0. The van der Waals surface area contributed by atoms with E-state index in [1.165, 1.54) is 37.0 Å². The summed E-state index contributed by atoms with van der Waals surface area (Å²) < 4.78 is 6.70. The number of thiophene rings is 1. The van der Waals surface area contributed by atoms with Crippen molar-refractivity contribution < 1.29 is 9.84 Å². The van der Waals surface area contributed by atoms with Gasteiger partial charge in [-0.15, -0.1) is 11.3 Å². The third-order valence-corrected chi connectivity index (χ3v) is 5.45. The van der Waals surface area contributed by atoms with Gasteiger partial charge >= 0.3 is 0 Å². The van der Waals surface area contributed by atoms with E-state index in [9.17, 15) is 5.11 Å². The predicted octanol–water partition coefficient (Wildman–Crippen LogP) is 4.01. The van der Waals surface area contributed by atoms with Crippen LogP contribution < -0.4 is 0 Å². The Kier molecular flexibility index (Phi) is 5.67. The molecule has 2 rings (SSSR count). The van der Waals surface area contributed by atoms with Crippen molar-refractivity contribution >= 4 is 27.3 Å². The van der Waals surface area contributed by atoms with Gasteiger partial charge in [0.15, 0.2) is 0 Å². The number of methoxy groups -OCH3 is 1. The second kappa shape index (κ2) is 7.04. The minimum Gasteiger partial charge on any atom is -0.390 e. The van der Waals surface area contributed by atoms with Crippen molar-refractivity contribution in [1.29, 1.82) is 0 Å². The van der Waals surface area contributed by atoms with E-state index in [4.69, 9.17) is 4.74 Å². The van der Waals surface area contributed by atoms with Gasteiger partial charge in [-0.05, 0) is 46.8 Å². The van der Waals surface area contributed by atoms with Crippen LogP contribution in [0.15, 0.2) is 15.9 Å². The van der Waals surface area contributed by atoms with Crippen molar-refractivity contribution in [3.63, 3.8) is 0 Å². The van der Waals surface area contributed by atoms with E-state index in [1.54, 1.807) is 18.4 Å². The molecule has 1 aliphatic carbocycles. The number of rotatable bonds is 5. The highest BCUT2D eigenvalue weighted by Gasteiger charge is 2.29. The first kappa shape index (κ1) is 14.5. The summed E-state index contributed by atoms with van der Waals surface area (Å²) >= 11 is 5.15. The first-order valence-electron chi connectivity index (χ1n) is 6.66. The van der Waals surface area contributed by atoms with Gasteiger partial charge in [-0.25, -0.2) is 0 Å². The average molecular weight is 333 g/mol. The minimum atomic E-state index is -0.386. The van der Waals surface area contributed by atoms with Crippen molar-refractivity contribution in [3.8, 4) is 0 Å². The number of aliphatic hydroxyl groups is 1. The van der Waals surface area contributed by atoms with Crippen LogP contribution in [0.25, 0.3) is 0 Å². The molecule has 1 aromatic heterocycles. The molecule has 0 amide bonds. The molecule has 1 heterocycles. The molecular weight excluding hydrogens is 312 g/mol. The molecule has 0 radical (unpaired) electrons. The van der Waals surface area contributed by atoms with E-state index in [-0.39, 0.29) is 12.2 Å². The zero-order valence-electron chi connectivity index (χ0n) is 10.8. The Morgan fingerprint density at radius 2 is 2.11 bits per heavy atom. The van der Waals surface area contributed by atoms with Gasteiger partial charge in [0.25, 0.3) is 0 Å². The zero-order valence-corrected chi connectivity index (χ0v) is 13.2. The van der Waals surface area contributed by atoms with Crippen LogP contribution in [0.1, 0.15) is 37.0 Å². The van der Waals surface area contributed by atoms with Gasteiger partial charge in [0, 0.05) is 18.4 Å². The van der Waals surface area contributed by atoms with Crippen LogP contribution >= 0.6 is 27.3 Å². The fraction of sp³-hybridized carbons (Fsp3) is 0.714. The van der Waals surface area contributed by atoms with Crippen LogP contribution in [0, 0.1) is 5.92 Å². The molecule has 1 fully saturated rings. The molecule has 2 unspecified atom stereocenters. The molecule has 102 valence electrons. The molecule has 1 aromatic rings. The molecule has 18 heavy (non-hydrogen) atoms. The van der Waals surface area contributed by atoms with Crippen LogP contribution in [0.5, 0.6) is 0 Å². The normalized spacial score (nSPS) is 20.8. The number of hydrogen-bond acceptors (Lipinski definition) is 3. The summed E-state index contributed by atoms with van der Waals surface area (Å²) in [7, 11) is 1.73. The third kappa shape index (κ3) is 3.80. The molecule has 2 atom stereocenters. The van der Waals surface area contributed by atoms with E-state index < -0.39 is 0 Å². The van der Waals surface area contributed by atoms with Crippen LogP contribution in [-0.2, 0) is 11.2 Å². The molecule has 0 aliphatic heterocycles. The molecular formula is C14H21BrO2S. The van der Waals surface area contributed by atoms with Gasteiger partial charge in [-0.2, -0.15) is 0 Å². The first-order chi connectivity index (χ1) is 8.70. The molecule has 0 bridgehead atoms. The predicted molar refractivity (Wildman–Crippen MR) is 79.1 cm³/mol. The maximum atomic E-state index is 10.4. The fourth-order valence-electron chi connectivity index (χ4n) is 2.91. The summed E-state index contributed by atoms with van der Waals surface area (Å²) in [6, 6.07) is 4.11. The lowest BCUT2D eigenvalue weighted by atomic mass is 9.82. The minimum absolute atomic E-state index is 0.00817. The van der Waals surface area contributed by atoms with E-state index in [1.807, 2.05) is 6.07 Å². The van der Waals surface area contributed by atoms with Crippen molar-refractivity contribution in [1.82, 2.24) is 0 Å². The van der Waals surface area contributed by atoms with Gasteiger partial charge in [0.05, 0.1) is 16.0 Å². The van der Waals surface area contributed by atoms with E-state index in [0.717, 1.165) is 3.79 Å². The SMILES string of the molecule is COC(C(O)Cc1ccc(Br)s1)C1CCCCC1. The molecule has 0 aromatic carbocycles. The summed E-state index contributed by atoms with van der Waals surface area (Å²) in [5.41, 5.74) is 0. The molecule has 2 nitrogen and oxygen atoms in total. The Hall–Kier alpha value is 0.1000. The number of halogens is 1. The second-order valence-electron chi connectivity index (χ2n) is 5.08. The fourth-order valence-corrected chi connectivity index (χ4v) is 4.44. The molecule has 0 saturated heterocycles. The van der Waals surface area contributed by atoms with E-state index >= 15 is 0 Å². The molecule has 0 spiro atoms. The van der Waals surface area contributed by atoms with Crippen LogP contribution in [0.2, 0.25) is 0 Å². The van der Waals surface area contributed by atoms with Gasteiger partial charge < -0.3 is 9.84 Å². The lowest BCUT2D eigenvalue weighted by Crippen LogP contribution is -2.37. The highest BCUT2D eigenvalue weighted by Crippen LogP contribution is 2.31. The molecule has 1 N–H and O–H groups in total. The monoisotopic (exact) mass is 332 g/mol. The van der Waals surface area contributed by atoms with Crippen LogP contribution in [0.4, 0.5) is 0 Å². The smallest absolute Gasteiger partial charge is 0.0861 e. The van der Waals surface area contributed by atoms with Crippen LogP contribution in [-0.4, -0.2) is 24.4 Å². The lowest BCUT2D eigenvalue weighted by molar-refractivity contribution is -0.0532. The summed E-state index contributed by atoms with van der Waals surface area (Å²) in [5, 5.41) is 10.4. The number of ether oxygens (including phenoxy) is 1. The summed E-state index contributed by atoms with van der Waals surface area (Å²) in [4.78, 5) is 1.22. The molecule has 1 saturated carbocycles. The Morgan fingerprint density at radius 1 is 1.39 bits per heavy atom.